The number of rotatable bonds is 1. The quantitative estimate of drug-likeness (QED) is 0.165. The van der Waals surface area contributed by atoms with Gasteiger partial charge < -0.3 is 4.40 Å². The Bertz CT molecular complexity index is 5020. The molecule has 0 saturated carbocycles. The van der Waals surface area contributed by atoms with Crippen molar-refractivity contribution in [3.63, 3.8) is 0 Å². The Labute approximate surface area is 443 Å². The normalized spacial score (nSPS) is 20.6. The molecule has 21 rings (SSSR count). The molecular formula is C74H39N3. The van der Waals surface area contributed by atoms with E-state index in [9.17, 15) is 10.5 Å². The summed E-state index contributed by atoms with van der Waals surface area (Å²) >= 11 is 0. The first kappa shape index (κ1) is 39.6. The van der Waals surface area contributed by atoms with Crippen LogP contribution >= 0.6 is 0 Å². The summed E-state index contributed by atoms with van der Waals surface area (Å²) in [6, 6.07) is 85.6. The molecule has 13 aromatic rings. The fourth-order valence-electron chi connectivity index (χ4n) is 18.1. The van der Waals surface area contributed by atoms with Crippen LogP contribution in [-0.2, 0) is 10.8 Å². The third-order valence-electron chi connectivity index (χ3n) is 20.4. The molecule has 0 fully saturated rings. The minimum atomic E-state index is -0.486. The zero-order chi connectivity index (χ0) is 49.9. The monoisotopic (exact) mass is 969 g/mol. The Hall–Kier alpha value is -9.80. The van der Waals surface area contributed by atoms with Gasteiger partial charge in [0.05, 0.1) is 45.2 Å². The molecule has 2 bridgehead atoms. The van der Waals surface area contributed by atoms with Gasteiger partial charge in [-0.3, -0.25) is 0 Å². The molecule has 3 unspecified atom stereocenters. The summed E-state index contributed by atoms with van der Waals surface area (Å²) in [6.45, 7) is 0. The van der Waals surface area contributed by atoms with Gasteiger partial charge in [0, 0.05) is 50.6 Å². The Morgan fingerprint density at radius 1 is 0.351 bits per heavy atom. The summed E-state index contributed by atoms with van der Waals surface area (Å²) in [5, 5.41) is 27.9. The number of fused-ring (bicyclic) bond motifs is 24. The standard InChI is InChI=1S/C74H39N3/c75-36-40-34-60-66(68-62(40)64-46-18-1-3-20-48(46)65(68)49-21-4-2-19-47(49)64)52-31-39(38-29-30-45-44-17-7-12-26-56(44)73(59(45)33-38)54-24-10-5-15-42(54)43-16-6-11-25-55(43)73)32-53-67-61(77(60)72(52)53)35-41(37-76)63-69(67)71-51-23-9-14-28-58(51)74(71)57-27-13-8-22-50(57)70(63)74/h1-35,64-65,70-71H. The van der Waals surface area contributed by atoms with Crippen LogP contribution in [0.5, 0.6) is 0 Å². The molecule has 0 amide bonds. The average molecular weight is 970 g/mol. The highest BCUT2D eigenvalue weighted by Crippen LogP contribution is 2.78. The van der Waals surface area contributed by atoms with E-state index in [0.717, 1.165) is 27.7 Å². The first-order valence-corrected chi connectivity index (χ1v) is 27.2. The summed E-state index contributed by atoms with van der Waals surface area (Å²) in [7, 11) is 0. The Kier molecular flexibility index (Phi) is 6.69. The third-order valence-corrected chi connectivity index (χ3v) is 20.4. The first-order chi connectivity index (χ1) is 38.2. The van der Waals surface area contributed by atoms with Crippen molar-refractivity contribution in [3.05, 3.63) is 312 Å². The van der Waals surface area contributed by atoms with Gasteiger partial charge in [0.25, 0.3) is 0 Å². The van der Waals surface area contributed by atoms with E-state index >= 15 is 0 Å². The summed E-state index contributed by atoms with van der Waals surface area (Å²) in [6.07, 6.45) is 0. The van der Waals surface area contributed by atoms with Crippen LogP contribution in [0.25, 0.3) is 71.5 Å². The van der Waals surface area contributed by atoms with E-state index in [1.54, 1.807) is 0 Å². The second-order valence-electron chi connectivity index (χ2n) is 23.0. The summed E-state index contributed by atoms with van der Waals surface area (Å²) in [4.78, 5) is 0. The molecule has 3 heteroatoms. The summed E-state index contributed by atoms with van der Waals surface area (Å²) in [5.74, 6) is 0.0601. The van der Waals surface area contributed by atoms with Crippen LogP contribution < -0.4 is 0 Å². The van der Waals surface area contributed by atoms with Crippen molar-refractivity contribution in [1.29, 1.82) is 10.5 Å². The minimum Gasteiger partial charge on any atom is -0.308 e. The molecule has 3 atom stereocenters. The Morgan fingerprint density at radius 2 is 0.766 bits per heavy atom. The lowest BCUT2D eigenvalue weighted by Crippen LogP contribution is -2.52. The second kappa shape index (κ2) is 13.0. The number of nitrogens with zero attached hydrogens (tertiary/aromatic N) is 3. The fraction of sp³-hybridized carbons (Fsp3) is 0.0811. The van der Waals surface area contributed by atoms with Gasteiger partial charge in [-0.1, -0.05) is 182 Å². The van der Waals surface area contributed by atoms with Crippen LogP contribution in [0.15, 0.2) is 212 Å². The first-order valence-electron chi connectivity index (χ1n) is 27.2. The van der Waals surface area contributed by atoms with E-state index in [0.29, 0.717) is 0 Å². The maximum atomic E-state index is 11.5. The van der Waals surface area contributed by atoms with E-state index in [2.05, 4.69) is 229 Å². The fourth-order valence-corrected chi connectivity index (χ4v) is 18.1. The number of aromatic nitrogens is 1. The molecule has 350 valence electrons. The second-order valence-corrected chi connectivity index (χ2v) is 23.0. The van der Waals surface area contributed by atoms with E-state index in [1.807, 2.05) is 0 Å². The molecule has 8 aliphatic rings. The molecule has 0 aliphatic heterocycles. The van der Waals surface area contributed by atoms with Crippen LogP contribution in [0.4, 0.5) is 0 Å². The van der Waals surface area contributed by atoms with E-state index < -0.39 is 5.41 Å². The molecule has 3 nitrogen and oxygen atoms in total. The van der Waals surface area contributed by atoms with Crippen LogP contribution in [0.3, 0.4) is 0 Å². The number of nitriles is 2. The van der Waals surface area contributed by atoms with E-state index in [-0.39, 0.29) is 29.1 Å². The molecule has 11 aromatic carbocycles. The molecule has 0 radical (unpaired) electrons. The van der Waals surface area contributed by atoms with Crippen LogP contribution in [-0.4, -0.2) is 4.40 Å². The maximum absolute atomic E-state index is 11.5. The van der Waals surface area contributed by atoms with Gasteiger partial charge in [0.2, 0.25) is 0 Å². The van der Waals surface area contributed by atoms with Gasteiger partial charge >= 0.3 is 0 Å². The molecule has 2 heterocycles. The van der Waals surface area contributed by atoms with Crippen molar-refractivity contribution in [1.82, 2.24) is 4.40 Å². The molecular weight excluding hydrogens is 931 g/mol. The maximum Gasteiger partial charge on any atom is 0.0995 e. The highest BCUT2D eigenvalue weighted by Gasteiger charge is 2.70. The molecule has 8 aliphatic carbocycles. The lowest BCUT2D eigenvalue weighted by atomic mass is 9.43. The molecule has 2 spiro atoms. The van der Waals surface area contributed by atoms with E-state index in [4.69, 9.17) is 0 Å². The van der Waals surface area contributed by atoms with Crippen molar-refractivity contribution < 1.29 is 0 Å². The molecule has 0 saturated heterocycles. The van der Waals surface area contributed by atoms with Crippen molar-refractivity contribution in [2.45, 2.75) is 34.5 Å². The number of hydrogen-bond donors (Lipinski definition) is 0. The van der Waals surface area contributed by atoms with Crippen LogP contribution in [0.1, 0.15) is 124 Å². The number of benzene rings is 11. The zero-order valence-corrected chi connectivity index (χ0v) is 41.4. The summed E-state index contributed by atoms with van der Waals surface area (Å²) < 4.78 is 2.48. The zero-order valence-electron chi connectivity index (χ0n) is 41.4. The average Bonchev–Trinajstić information content (AvgIpc) is 4.41. The van der Waals surface area contributed by atoms with Crippen LogP contribution in [0.2, 0.25) is 0 Å². The highest BCUT2D eigenvalue weighted by atomic mass is 14.9. The van der Waals surface area contributed by atoms with Crippen molar-refractivity contribution in [2.24, 2.45) is 0 Å². The van der Waals surface area contributed by atoms with Gasteiger partial charge in [0.15, 0.2) is 0 Å². The van der Waals surface area contributed by atoms with E-state index in [1.165, 1.54) is 144 Å². The Balaban J connectivity index is 0.949. The molecule has 77 heavy (non-hydrogen) atoms. The molecule has 0 N–H and O–H groups in total. The van der Waals surface area contributed by atoms with Crippen LogP contribution in [0, 0.1) is 22.7 Å². The SMILES string of the molecule is N#Cc1cc2c(c3c1C1c4ccccc4C3c3ccccc31)c1cc(-c3ccc4c(c3)C3(c5ccccc5-c5ccccc53)c3ccccc3-4)cc3c4c5c(c(C#N)cc4n2c13)C1c2ccccc2C12c1ccccc1C52. The topological polar surface area (TPSA) is 52.0 Å². The van der Waals surface area contributed by atoms with Crippen molar-refractivity contribution >= 4 is 38.1 Å². The molecule has 2 aromatic heterocycles. The third kappa shape index (κ3) is 4.03. The van der Waals surface area contributed by atoms with Gasteiger partial charge in [-0.05, 0) is 153 Å². The lowest BCUT2D eigenvalue weighted by Gasteiger charge is -2.58. The smallest absolute Gasteiger partial charge is 0.0995 e. The predicted octanol–water partition coefficient (Wildman–Crippen LogP) is 16.5. The minimum absolute atomic E-state index is 0.0562. The Morgan fingerprint density at radius 3 is 1.29 bits per heavy atom. The summed E-state index contributed by atoms with van der Waals surface area (Å²) in [5.41, 5.74) is 32.5. The predicted molar refractivity (Wildman–Crippen MR) is 304 cm³/mol. The largest absolute Gasteiger partial charge is 0.308 e. The van der Waals surface area contributed by atoms with Gasteiger partial charge in [0.1, 0.15) is 0 Å². The lowest BCUT2D eigenvalue weighted by molar-refractivity contribution is 0.333. The van der Waals surface area contributed by atoms with Crippen molar-refractivity contribution in [2.75, 3.05) is 0 Å². The van der Waals surface area contributed by atoms with Gasteiger partial charge in [-0.25, -0.2) is 0 Å². The van der Waals surface area contributed by atoms with Gasteiger partial charge in [-0.2, -0.15) is 10.5 Å². The number of hydrogen-bond acceptors (Lipinski definition) is 2. The van der Waals surface area contributed by atoms with Gasteiger partial charge in [-0.15, -0.1) is 0 Å². The highest BCUT2D eigenvalue weighted by molar-refractivity contribution is 6.27. The van der Waals surface area contributed by atoms with Crippen molar-refractivity contribution in [3.8, 4) is 45.5 Å².